The lowest BCUT2D eigenvalue weighted by Crippen LogP contribution is -2.31. The second-order valence-electron chi connectivity index (χ2n) is 7.59. The quantitative estimate of drug-likeness (QED) is 0.637. The fraction of sp³-hybridized carbons (Fsp3) is 0.381. The molecule has 1 heterocycles. The molecule has 0 spiro atoms. The Hall–Kier alpha value is -1.90. The van der Waals surface area contributed by atoms with Crippen molar-refractivity contribution in [1.82, 2.24) is 10.0 Å². The van der Waals surface area contributed by atoms with Crippen molar-refractivity contribution >= 4 is 37.5 Å². The van der Waals surface area contributed by atoms with Crippen molar-refractivity contribution < 1.29 is 13.2 Å². The molecule has 3 rings (SSSR count). The second-order valence-corrected chi connectivity index (χ2v) is 10.2. The summed E-state index contributed by atoms with van der Waals surface area (Å²) in [5.41, 5.74) is 1.63. The molecule has 0 saturated carbocycles. The molecule has 6 nitrogen and oxygen atoms in total. The van der Waals surface area contributed by atoms with E-state index in [9.17, 15) is 13.2 Å². The van der Waals surface area contributed by atoms with Crippen LogP contribution in [0.25, 0.3) is 0 Å². The van der Waals surface area contributed by atoms with E-state index in [1.165, 1.54) is 17.8 Å². The van der Waals surface area contributed by atoms with Gasteiger partial charge in [0.1, 0.15) is 0 Å². The van der Waals surface area contributed by atoms with Crippen molar-refractivity contribution in [2.75, 3.05) is 24.5 Å². The molecule has 0 radical (unpaired) electrons. The summed E-state index contributed by atoms with van der Waals surface area (Å²) >= 11 is 3.50. The van der Waals surface area contributed by atoms with Crippen LogP contribution < -0.4 is 14.9 Å². The molecule has 1 aliphatic rings. The van der Waals surface area contributed by atoms with Crippen LogP contribution in [0.2, 0.25) is 0 Å². The maximum Gasteiger partial charge on any atom is 0.251 e. The van der Waals surface area contributed by atoms with E-state index >= 15 is 0 Å². The molecule has 1 amide bonds. The molecule has 0 bridgehead atoms. The fourth-order valence-electron chi connectivity index (χ4n) is 3.41. The Morgan fingerprint density at radius 2 is 1.93 bits per heavy atom. The van der Waals surface area contributed by atoms with Crippen LogP contribution in [0.1, 0.15) is 30.6 Å². The molecule has 0 aliphatic carbocycles. The lowest BCUT2D eigenvalue weighted by Gasteiger charge is -2.19. The third-order valence-corrected chi connectivity index (χ3v) is 7.00. The molecule has 8 heteroatoms. The van der Waals surface area contributed by atoms with E-state index < -0.39 is 10.0 Å². The Labute approximate surface area is 180 Å². The normalized spacial score (nSPS) is 17.0. The molecule has 1 fully saturated rings. The van der Waals surface area contributed by atoms with Crippen LogP contribution >= 0.6 is 15.9 Å². The molecule has 2 aromatic rings. The number of sulfonamides is 1. The van der Waals surface area contributed by atoms with Crippen LogP contribution in [0, 0.1) is 5.92 Å². The third kappa shape index (κ3) is 5.81. The zero-order valence-corrected chi connectivity index (χ0v) is 19.0. The largest absolute Gasteiger partial charge is 0.371 e. The van der Waals surface area contributed by atoms with E-state index in [0.717, 1.165) is 24.0 Å². The second kappa shape index (κ2) is 9.28. The highest BCUT2D eigenvalue weighted by atomic mass is 79.9. The van der Waals surface area contributed by atoms with Gasteiger partial charge in [-0.25, -0.2) is 13.1 Å². The first-order valence-electron chi connectivity index (χ1n) is 9.66. The van der Waals surface area contributed by atoms with Crippen LogP contribution in [0.3, 0.4) is 0 Å². The number of amides is 1. The van der Waals surface area contributed by atoms with Gasteiger partial charge in [-0.15, -0.1) is 0 Å². The van der Waals surface area contributed by atoms with Gasteiger partial charge in [-0.05, 0) is 68.7 Å². The SMILES string of the molecule is CC(C)NS(=O)(=O)c1ccc(C(=O)NCC2CCN(c3cccc(Br)c3)C2)cc1. The number of rotatable bonds is 7. The molecular weight excluding hydrogens is 454 g/mol. The first-order valence-corrected chi connectivity index (χ1v) is 11.9. The zero-order chi connectivity index (χ0) is 21.0. The smallest absolute Gasteiger partial charge is 0.251 e. The van der Waals surface area contributed by atoms with Gasteiger partial charge in [0.05, 0.1) is 4.90 Å². The molecule has 0 aromatic heterocycles. The van der Waals surface area contributed by atoms with Crippen molar-refractivity contribution in [3.8, 4) is 0 Å². The summed E-state index contributed by atoms with van der Waals surface area (Å²) in [6.45, 7) is 5.99. The Balaban J connectivity index is 1.53. The van der Waals surface area contributed by atoms with E-state index in [1.807, 2.05) is 12.1 Å². The predicted molar refractivity (Wildman–Crippen MR) is 119 cm³/mol. The van der Waals surface area contributed by atoms with Gasteiger partial charge < -0.3 is 10.2 Å². The minimum Gasteiger partial charge on any atom is -0.371 e. The summed E-state index contributed by atoms with van der Waals surface area (Å²) in [6.07, 6.45) is 1.02. The van der Waals surface area contributed by atoms with E-state index in [1.54, 1.807) is 26.0 Å². The lowest BCUT2D eigenvalue weighted by atomic mass is 10.1. The Bertz CT molecular complexity index is 961. The Morgan fingerprint density at radius 1 is 1.21 bits per heavy atom. The molecule has 1 unspecified atom stereocenters. The van der Waals surface area contributed by atoms with E-state index in [4.69, 9.17) is 0 Å². The topological polar surface area (TPSA) is 78.5 Å². The molecule has 1 saturated heterocycles. The first-order chi connectivity index (χ1) is 13.7. The van der Waals surface area contributed by atoms with Crippen molar-refractivity contribution in [2.24, 2.45) is 5.92 Å². The predicted octanol–water partition coefficient (Wildman–Crippen LogP) is 3.39. The molecule has 156 valence electrons. The standard InChI is InChI=1S/C21H26BrN3O3S/c1-15(2)24-29(27,28)20-8-6-17(7-9-20)21(26)23-13-16-10-11-25(14-16)19-5-3-4-18(22)12-19/h3-9,12,15-16,24H,10-11,13-14H2,1-2H3,(H,23,26). The fourth-order valence-corrected chi connectivity index (χ4v) is 5.05. The number of benzene rings is 2. The molecule has 2 N–H and O–H groups in total. The molecule has 1 atom stereocenters. The average Bonchev–Trinajstić information content (AvgIpc) is 3.14. The minimum absolute atomic E-state index is 0.156. The van der Waals surface area contributed by atoms with Crippen molar-refractivity contribution in [3.63, 3.8) is 0 Å². The van der Waals surface area contributed by atoms with E-state index in [0.29, 0.717) is 18.0 Å². The van der Waals surface area contributed by atoms with E-state index in [-0.39, 0.29) is 16.8 Å². The number of halogens is 1. The Morgan fingerprint density at radius 3 is 2.59 bits per heavy atom. The maximum atomic E-state index is 12.4. The number of carbonyl (C=O) groups is 1. The van der Waals surface area contributed by atoms with Gasteiger partial charge in [0.15, 0.2) is 0 Å². The third-order valence-electron chi connectivity index (χ3n) is 4.83. The van der Waals surface area contributed by atoms with Gasteiger partial charge in [-0.1, -0.05) is 22.0 Å². The van der Waals surface area contributed by atoms with Gasteiger partial charge in [-0.3, -0.25) is 4.79 Å². The number of nitrogens with one attached hydrogen (secondary N) is 2. The summed E-state index contributed by atoms with van der Waals surface area (Å²) < 4.78 is 27.9. The van der Waals surface area contributed by atoms with Crippen molar-refractivity contribution in [2.45, 2.75) is 31.2 Å². The first kappa shape index (κ1) is 21.8. The zero-order valence-electron chi connectivity index (χ0n) is 16.6. The monoisotopic (exact) mass is 479 g/mol. The number of anilines is 1. The highest BCUT2D eigenvalue weighted by Gasteiger charge is 2.23. The number of carbonyl (C=O) groups excluding carboxylic acids is 1. The molecule has 1 aliphatic heterocycles. The average molecular weight is 480 g/mol. The van der Waals surface area contributed by atoms with Gasteiger partial charge in [0.2, 0.25) is 10.0 Å². The van der Waals surface area contributed by atoms with Crippen LogP contribution in [0.5, 0.6) is 0 Å². The van der Waals surface area contributed by atoms with E-state index in [2.05, 4.69) is 43.0 Å². The summed E-state index contributed by atoms with van der Waals surface area (Å²) in [5, 5.41) is 2.97. The minimum atomic E-state index is -3.55. The van der Waals surface area contributed by atoms with Crippen LogP contribution in [-0.2, 0) is 10.0 Å². The summed E-state index contributed by atoms with van der Waals surface area (Å²) in [5.74, 6) is 0.194. The van der Waals surface area contributed by atoms with Gasteiger partial charge >= 0.3 is 0 Å². The van der Waals surface area contributed by atoms with Crippen molar-refractivity contribution in [3.05, 3.63) is 58.6 Å². The summed E-state index contributed by atoms with van der Waals surface area (Å²) in [4.78, 5) is 14.9. The highest BCUT2D eigenvalue weighted by Crippen LogP contribution is 2.26. The Kier molecular flexibility index (Phi) is 6.97. The van der Waals surface area contributed by atoms with Crippen molar-refractivity contribution in [1.29, 1.82) is 0 Å². The lowest BCUT2D eigenvalue weighted by molar-refractivity contribution is 0.0948. The van der Waals surface area contributed by atoms with Gasteiger partial charge in [0, 0.05) is 41.4 Å². The van der Waals surface area contributed by atoms with Crippen LogP contribution in [-0.4, -0.2) is 40.0 Å². The van der Waals surface area contributed by atoms with Gasteiger partial charge in [0.25, 0.3) is 5.91 Å². The summed E-state index contributed by atoms with van der Waals surface area (Å²) in [6, 6.07) is 14.1. The maximum absolute atomic E-state index is 12.4. The van der Waals surface area contributed by atoms with Crippen LogP contribution in [0.15, 0.2) is 57.9 Å². The van der Waals surface area contributed by atoms with Gasteiger partial charge in [-0.2, -0.15) is 0 Å². The highest BCUT2D eigenvalue weighted by molar-refractivity contribution is 9.10. The van der Waals surface area contributed by atoms with Crippen LogP contribution in [0.4, 0.5) is 5.69 Å². The number of nitrogens with zero attached hydrogens (tertiary/aromatic N) is 1. The molecule has 29 heavy (non-hydrogen) atoms. The molecule has 2 aromatic carbocycles. The molecular formula is C21H26BrN3O3S. The number of hydrogen-bond acceptors (Lipinski definition) is 4. The number of hydrogen-bond donors (Lipinski definition) is 2. The summed E-state index contributed by atoms with van der Waals surface area (Å²) in [7, 11) is -3.55.